The molecule has 6 nitrogen and oxygen atoms in total. The summed E-state index contributed by atoms with van der Waals surface area (Å²) in [4.78, 5) is 15.2. The van der Waals surface area contributed by atoms with Crippen LogP contribution in [0.3, 0.4) is 0 Å². The fraction of sp³-hybridized carbons (Fsp3) is 0.500. The zero-order valence-electron chi connectivity index (χ0n) is 19.5. The number of halogens is 1. The van der Waals surface area contributed by atoms with Crippen LogP contribution < -0.4 is 14.9 Å². The summed E-state index contributed by atoms with van der Waals surface area (Å²) in [5.74, 6) is -0.309. The van der Waals surface area contributed by atoms with E-state index in [9.17, 15) is 17.6 Å². The molecule has 2 aromatic carbocycles. The van der Waals surface area contributed by atoms with Crippen molar-refractivity contribution in [1.82, 2.24) is 10.0 Å². The number of amides is 1. The van der Waals surface area contributed by atoms with Crippen LogP contribution in [0.15, 0.2) is 48.5 Å². The zero-order chi connectivity index (χ0) is 24.0. The molecule has 0 aromatic heterocycles. The summed E-state index contributed by atoms with van der Waals surface area (Å²) in [5.41, 5.74) is 2.67. The Balaban J connectivity index is 1.36. The predicted octanol–water partition coefficient (Wildman–Crippen LogP) is 3.76. The normalized spacial score (nSPS) is 17.4. The minimum atomic E-state index is -3.67. The molecule has 184 valence electrons. The molecule has 0 saturated heterocycles. The monoisotopic (exact) mass is 487 g/mol. The molecule has 1 aliphatic heterocycles. The molecule has 0 spiro atoms. The lowest BCUT2D eigenvalue weighted by atomic mass is 9.85. The summed E-state index contributed by atoms with van der Waals surface area (Å²) in [6.07, 6.45) is 6.83. The quantitative estimate of drug-likeness (QED) is 0.535. The van der Waals surface area contributed by atoms with Crippen LogP contribution in [0.1, 0.15) is 49.7 Å². The molecular weight excluding hydrogens is 453 g/mol. The van der Waals surface area contributed by atoms with E-state index >= 15 is 0 Å². The maximum atomic E-state index is 13.5. The molecule has 4 rings (SSSR count). The van der Waals surface area contributed by atoms with Gasteiger partial charge in [0.2, 0.25) is 15.9 Å². The molecule has 0 radical (unpaired) electrons. The van der Waals surface area contributed by atoms with Crippen LogP contribution in [-0.4, -0.2) is 40.0 Å². The number of nitrogens with one attached hydrogen (secondary N) is 2. The van der Waals surface area contributed by atoms with E-state index in [0.717, 1.165) is 49.9 Å². The number of nitrogens with zero attached hydrogens (tertiary/aromatic N) is 1. The standard InChI is InChI=1S/C26H34FN3O3S/c27-23-11-12-25-22(18-23)13-15-30(25)16-14-28-26(31)24(17-20-7-3-1-4-8-20)29-34(32,33)19-21-9-5-2-6-10-21/h2,5-6,9-12,18,20,24,29H,1,3-4,7-8,13-17,19H2,(H,28,31). The summed E-state index contributed by atoms with van der Waals surface area (Å²) < 4.78 is 41.9. The summed E-state index contributed by atoms with van der Waals surface area (Å²) >= 11 is 0. The second kappa shape index (κ2) is 11.3. The molecule has 2 aliphatic rings. The molecule has 1 unspecified atom stereocenters. The molecule has 1 heterocycles. The predicted molar refractivity (Wildman–Crippen MR) is 133 cm³/mol. The van der Waals surface area contributed by atoms with E-state index in [4.69, 9.17) is 0 Å². The number of carbonyl (C=O) groups excluding carboxylic acids is 1. The van der Waals surface area contributed by atoms with Gasteiger partial charge in [-0.05, 0) is 48.1 Å². The molecular formula is C26H34FN3O3S. The van der Waals surface area contributed by atoms with Gasteiger partial charge in [-0.2, -0.15) is 0 Å². The average Bonchev–Trinajstić information content (AvgIpc) is 3.21. The SMILES string of the molecule is O=C(NCCN1CCc2cc(F)ccc21)C(CC1CCCCC1)NS(=O)(=O)Cc1ccccc1. The Kier molecular flexibility index (Phi) is 8.21. The molecule has 1 saturated carbocycles. The molecule has 34 heavy (non-hydrogen) atoms. The van der Waals surface area contributed by atoms with Crippen molar-refractivity contribution >= 4 is 21.6 Å². The minimum Gasteiger partial charge on any atom is -0.369 e. The highest BCUT2D eigenvalue weighted by Gasteiger charge is 2.28. The fourth-order valence-corrected chi connectivity index (χ4v) is 6.48. The maximum absolute atomic E-state index is 13.5. The van der Waals surface area contributed by atoms with Gasteiger partial charge in [0.05, 0.1) is 5.75 Å². The lowest BCUT2D eigenvalue weighted by Gasteiger charge is -2.27. The Morgan fingerprint density at radius 1 is 1.09 bits per heavy atom. The van der Waals surface area contributed by atoms with Gasteiger partial charge < -0.3 is 10.2 Å². The zero-order valence-corrected chi connectivity index (χ0v) is 20.3. The highest BCUT2D eigenvalue weighted by Crippen LogP contribution is 2.29. The van der Waals surface area contributed by atoms with Gasteiger partial charge in [-0.3, -0.25) is 4.79 Å². The summed E-state index contributed by atoms with van der Waals surface area (Å²) in [5, 5.41) is 2.95. The van der Waals surface area contributed by atoms with E-state index in [-0.39, 0.29) is 17.5 Å². The summed E-state index contributed by atoms with van der Waals surface area (Å²) in [7, 11) is -3.67. The Bertz CT molecular complexity index is 1070. The smallest absolute Gasteiger partial charge is 0.238 e. The van der Waals surface area contributed by atoms with E-state index in [1.54, 1.807) is 24.3 Å². The van der Waals surface area contributed by atoms with Gasteiger partial charge in [-0.15, -0.1) is 0 Å². The highest BCUT2D eigenvalue weighted by molar-refractivity contribution is 7.88. The Hall–Kier alpha value is -2.45. The fourth-order valence-electron chi connectivity index (χ4n) is 5.13. The molecule has 1 aliphatic carbocycles. The topological polar surface area (TPSA) is 78.5 Å². The van der Waals surface area contributed by atoms with Crippen LogP contribution >= 0.6 is 0 Å². The minimum absolute atomic E-state index is 0.149. The van der Waals surface area contributed by atoms with Crippen molar-refractivity contribution in [3.8, 4) is 0 Å². The molecule has 8 heteroatoms. The Morgan fingerprint density at radius 3 is 2.62 bits per heavy atom. The molecule has 0 bridgehead atoms. The van der Waals surface area contributed by atoms with Gasteiger partial charge in [0.1, 0.15) is 11.9 Å². The number of anilines is 1. The number of carbonyl (C=O) groups is 1. The first kappa shape index (κ1) is 24.7. The van der Waals surface area contributed by atoms with Crippen LogP contribution in [0.25, 0.3) is 0 Å². The van der Waals surface area contributed by atoms with E-state index in [1.807, 2.05) is 18.2 Å². The molecule has 1 atom stereocenters. The van der Waals surface area contributed by atoms with Gasteiger partial charge in [0, 0.05) is 25.3 Å². The largest absolute Gasteiger partial charge is 0.369 e. The number of hydrogen-bond acceptors (Lipinski definition) is 4. The molecule has 2 N–H and O–H groups in total. The van der Waals surface area contributed by atoms with Gasteiger partial charge in [0.25, 0.3) is 0 Å². The summed E-state index contributed by atoms with van der Waals surface area (Å²) in [6.45, 7) is 1.78. The van der Waals surface area contributed by atoms with E-state index in [0.29, 0.717) is 31.0 Å². The lowest BCUT2D eigenvalue weighted by molar-refractivity contribution is -0.123. The van der Waals surface area contributed by atoms with E-state index in [2.05, 4.69) is 14.9 Å². The molecule has 2 aromatic rings. The first-order valence-corrected chi connectivity index (χ1v) is 13.9. The van der Waals surface area contributed by atoms with Crippen molar-refractivity contribution in [2.24, 2.45) is 5.92 Å². The van der Waals surface area contributed by atoms with Crippen molar-refractivity contribution in [2.45, 2.75) is 56.7 Å². The van der Waals surface area contributed by atoms with Gasteiger partial charge in [-0.1, -0.05) is 62.4 Å². The van der Waals surface area contributed by atoms with Crippen LogP contribution in [0.4, 0.5) is 10.1 Å². The number of rotatable bonds is 10. The molecule has 1 fully saturated rings. The van der Waals surface area contributed by atoms with Crippen molar-refractivity contribution in [1.29, 1.82) is 0 Å². The first-order valence-electron chi connectivity index (χ1n) is 12.2. The third-order valence-corrected chi connectivity index (χ3v) is 8.20. The van der Waals surface area contributed by atoms with Gasteiger partial charge >= 0.3 is 0 Å². The highest BCUT2D eigenvalue weighted by atomic mass is 32.2. The van der Waals surface area contributed by atoms with Crippen LogP contribution in [-0.2, 0) is 27.0 Å². The van der Waals surface area contributed by atoms with Gasteiger partial charge in [-0.25, -0.2) is 17.5 Å². The van der Waals surface area contributed by atoms with Crippen molar-refractivity contribution < 1.29 is 17.6 Å². The van der Waals surface area contributed by atoms with Crippen molar-refractivity contribution in [3.05, 3.63) is 65.5 Å². The third-order valence-electron chi connectivity index (χ3n) is 6.85. The maximum Gasteiger partial charge on any atom is 0.238 e. The van der Waals surface area contributed by atoms with Crippen LogP contribution in [0.2, 0.25) is 0 Å². The number of fused-ring (bicyclic) bond motifs is 1. The first-order chi connectivity index (χ1) is 16.4. The van der Waals surface area contributed by atoms with Crippen molar-refractivity contribution in [3.63, 3.8) is 0 Å². The van der Waals surface area contributed by atoms with Gasteiger partial charge in [0.15, 0.2) is 0 Å². The second-order valence-corrected chi connectivity index (χ2v) is 11.2. The summed E-state index contributed by atoms with van der Waals surface area (Å²) in [6, 6.07) is 13.0. The lowest BCUT2D eigenvalue weighted by Crippen LogP contribution is -2.49. The Labute approximate surface area is 202 Å². The Morgan fingerprint density at radius 2 is 1.85 bits per heavy atom. The second-order valence-electron chi connectivity index (χ2n) is 9.46. The van der Waals surface area contributed by atoms with Crippen LogP contribution in [0.5, 0.6) is 0 Å². The number of hydrogen-bond donors (Lipinski definition) is 2. The van der Waals surface area contributed by atoms with E-state index in [1.165, 1.54) is 12.5 Å². The number of benzene rings is 2. The third kappa shape index (κ3) is 6.79. The molecule has 1 amide bonds. The number of sulfonamides is 1. The van der Waals surface area contributed by atoms with Crippen LogP contribution in [0, 0.1) is 11.7 Å². The van der Waals surface area contributed by atoms with Crippen molar-refractivity contribution in [2.75, 3.05) is 24.5 Å². The van der Waals surface area contributed by atoms with E-state index < -0.39 is 16.1 Å². The average molecular weight is 488 g/mol.